The van der Waals surface area contributed by atoms with E-state index in [0.717, 1.165) is 23.2 Å². The molecule has 0 aromatic carbocycles. The Labute approximate surface area is 135 Å². The number of aromatic nitrogens is 4. The third-order valence-electron chi connectivity index (χ3n) is 2.73. The molecule has 0 bridgehead atoms. The minimum atomic E-state index is -0.173. The number of hydrogen-bond donors (Lipinski definition) is 1. The van der Waals surface area contributed by atoms with Crippen molar-refractivity contribution < 1.29 is 0 Å². The van der Waals surface area contributed by atoms with Gasteiger partial charge in [0.25, 0.3) is 0 Å². The van der Waals surface area contributed by atoms with Crippen LogP contribution in [-0.4, -0.2) is 26.0 Å². The van der Waals surface area contributed by atoms with Crippen LogP contribution in [0, 0.1) is 0 Å². The van der Waals surface area contributed by atoms with Gasteiger partial charge >= 0.3 is 0 Å². The molecule has 0 spiro atoms. The molecule has 1 atom stereocenters. The molecule has 8 heteroatoms. The van der Waals surface area contributed by atoms with Crippen molar-refractivity contribution in [2.24, 2.45) is 5.73 Å². The van der Waals surface area contributed by atoms with Crippen LogP contribution in [0.1, 0.15) is 24.5 Å². The summed E-state index contributed by atoms with van der Waals surface area (Å²) in [6, 6.07) is 5.66. The monoisotopic (exact) mass is 335 g/mol. The summed E-state index contributed by atoms with van der Waals surface area (Å²) in [5, 5.41) is 9.24. The summed E-state index contributed by atoms with van der Waals surface area (Å²) in [6.07, 6.45) is 4.44. The zero-order chi connectivity index (χ0) is 13.0. The quantitative estimate of drug-likeness (QED) is 0.850. The van der Waals surface area contributed by atoms with Gasteiger partial charge in [-0.15, -0.1) is 35.0 Å². The van der Waals surface area contributed by atoms with Crippen LogP contribution in [0.15, 0.2) is 29.6 Å². The summed E-state index contributed by atoms with van der Waals surface area (Å²) in [5.74, 6) is 0.826. The van der Waals surface area contributed by atoms with Gasteiger partial charge in [-0.3, -0.25) is 4.98 Å². The first-order valence-electron chi connectivity index (χ1n) is 5.88. The van der Waals surface area contributed by atoms with E-state index in [9.17, 15) is 0 Å². The molecule has 112 valence electrons. The molecule has 0 aliphatic rings. The van der Waals surface area contributed by atoms with E-state index in [1.54, 1.807) is 18.0 Å². The van der Waals surface area contributed by atoms with Crippen LogP contribution in [0.3, 0.4) is 0 Å². The number of pyridine rings is 1. The normalized spacial score (nSPS) is 11.3. The van der Waals surface area contributed by atoms with Gasteiger partial charge in [-0.2, -0.15) is 0 Å². The van der Waals surface area contributed by atoms with E-state index in [1.165, 1.54) is 0 Å². The van der Waals surface area contributed by atoms with E-state index in [2.05, 4.69) is 26.7 Å². The second-order valence-corrected chi connectivity index (χ2v) is 4.69. The van der Waals surface area contributed by atoms with Crippen LogP contribution < -0.4 is 5.73 Å². The van der Waals surface area contributed by atoms with Crippen molar-refractivity contribution in [1.29, 1.82) is 0 Å². The number of nitrogens with zero attached hydrogens (tertiary/aromatic N) is 4. The molecule has 0 saturated heterocycles. The molecule has 2 heterocycles. The van der Waals surface area contributed by atoms with E-state index in [-0.39, 0.29) is 30.9 Å². The Kier molecular flexibility index (Phi) is 8.80. The summed E-state index contributed by atoms with van der Waals surface area (Å²) < 4.78 is 2.05. The Morgan fingerprint density at radius 2 is 2.05 bits per heavy atom. The molecule has 0 saturated carbocycles. The second-order valence-electron chi connectivity index (χ2n) is 3.92. The lowest BCUT2D eigenvalue weighted by Crippen LogP contribution is -2.19. The molecule has 2 aromatic rings. The fourth-order valence-electron chi connectivity index (χ4n) is 1.86. The van der Waals surface area contributed by atoms with Gasteiger partial charge in [0, 0.05) is 24.9 Å². The lowest BCUT2D eigenvalue weighted by Gasteiger charge is -2.12. The summed E-state index contributed by atoms with van der Waals surface area (Å²) in [4.78, 5) is 4.28. The summed E-state index contributed by atoms with van der Waals surface area (Å²) in [5.41, 5.74) is 7.17. The molecule has 0 aliphatic carbocycles. The summed E-state index contributed by atoms with van der Waals surface area (Å²) >= 11 is 1.58. The molecule has 1 unspecified atom stereocenters. The molecule has 2 N–H and O–H groups in total. The first-order chi connectivity index (χ1) is 8.76. The van der Waals surface area contributed by atoms with Crippen LogP contribution in [0.2, 0.25) is 0 Å². The van der Waals surface area contributed by atoms with E-state index in [1.807, 2.05) is 24.5 Å². The van der Waals surface area contributed by atoms with Crippen molar-refractivity contribution in [3.63, 3.8) is 0 Å². The third-order valence-corrected chi connectivity index (χ3v) is 3.40. The molecule has 20 heavy (non-hydrogen) atoms. The maximum absolute atomic E-state index is 6.20. The highest BCUT2D eigenvalue weighted by molar-refractivity contribution is 7.98. The zero-order valence-corrected chi connectivity index (χ0v) is 13.8. The predicted octanol–water partition coefficient (Wildman–Crippen LogP) is 2.50. The van der Waals surface area contributed by atoms with Gasteiger partial charge < -0.3 is 10.3 Å². The molecule has 0 fully saturated rings. The van der Waals surface area contributed by atoms with Crippen LogP contribution in [-0.2, 0) is 13.0 Å². The van der Waals surface area contributed by atoms with Gasteiger partial charge in [0.05, 0.1) is 6.04 Å². The van der Waals surface area contributed by atoms with Crippen LogP contribution in [0.5, 0.6) is 0 Å². The Morgan fingerprint density at radius 3 is 2.60 bits per heavy atom. The third kappa shape index (κ3) is 4.34. The van der Waals surface area contributed by atoms with Crippen molar-refractivity contribution in [1.82, 2.24) is 19.7 Å². The zero-order valence-electron chi connectivity index (χ0n) is 11.4. The average molecular weight is 336 g/mol. The fourth-order valence-corrected chi connectivity index (χ4v) is 2.42. The number of hydrogen-bond acceptors (Lipinski definition) is 5. The number of rotatable bonds is 5. The van der Waals surface area contributed by atoms with Gasteiger partial charge in [0.2, 0.25) is 0 Å². The predicted molar refractivity (Wildman–Crippen MR) is 86.8 cm³/mol. The van der Waals surface area contributed by atoms with Crippen LogP contribution in [0.4, 0.5) is 0 Å². The summed E-state index contributed by atoms with van der Waals surface area (Å²) in [6.45, 7) is 2.90. The maximum Gasteiger partial charge on any atom is 0.190 e. The van der Waals surface area contributed by atoms with Crippen molar-refractivity contribution in [2.75, 3.05) is 6.26 Å². The topological polar surface area (TPSA) is 69.6 Å². The largest absolute Gasteiger partial charge is 0.321 e. The first kappa shape index (κ1) is 19.2. The van der Waals surface area contributed by atoms with Crippen molar-refractivity contribution in [3.05, 3.63) is 35.9 Å². The average Bonchev–Trinajstić information content (AvgIpc) is 2.82. The van der Waals surface area contributed by atoms with Gasteiger partial charge in [0.1, 0.15) is 0 Å². The fraction of sp³-hybridized carbons (Fsp3) is 0.417. The van der Waals surface area contributed by atoms with E-state index >= 15 is 0 Å². The van der Waals surface area contributed by atoms with E-state index in [0.29, 0.717) is 6.42 Å². The molecule has 5 nitrogen and oxygen atoms in total. The lowest BCUT2D eigenvalue weighted by molar-refractivity contribution is 0.572. The van der Waals surface area contributed by atoms with Gasteiger partial charge in [-0.05, 0) is 25.3 Å². The highest BCUT2D eigenvalue weighted by Crippen LogP contribution is 2.19. The first-order valence-corrected chi connectivity index (χ1v) is 7.11. The van der Waals surface area contributed by atoms with E-state index < -0.39 is 0 Å². The number of nitrogens with two attached hydrogens (primary N) is 1. The van der Waals surface area contributed by atoms with Gasteiger partial charge in [0.15, 0.2) is 11.0 Å². The SMILES string of the molecule is CCn1c(SC)nnc1C(N)Cc1ccccn1.Cl.Cl. The minimum Gasteiger partial charge on any atom is -0.321 e. The molecule has 0 amide bonds. The van der Waals surface area contributed by atoms with Crippen molar-refractivity contribution in [3.8, 4) is 0 Å². The lowest BCUT2D eigenvalue weighted by atomic mass is 10.1. The Hall–Kier alpha value is -0.820. The molecule has 0 aliphatic heterocycles. The van der Waals surface area contributed by atoms with Crippen LogP contribution in [0.25, 0.3) is 0 Å². The smallest absolute Gasteiger partial charge is 0.190 e. The second kappa shape index (κ2) is 9.18. The molecular weight excluding hydrogens is 317 g/mol. The highest BCUT2D eigenvalue weighted by atomic mass is 35.5. The highest BCUT2D eigenvalue weighted by Gasteiger charge is 2.17. The number of thioether (sulfide) groups is 1. The van der Waals surface area contributed by atoms with Crippen LogP contribution >= 0.6 is 36.6 Å². The number of halogens is 2. The minimum absolute atomic E-state index is 0. The molecule has 2 rings (SSSR count). The Bertz CT molecular complexity index is 506. The van der Waals surface area contributed by atoms with Gasteiger partial charge in [-0.25, -0.2) is 0 Å². The standard InChI is InChI=1S/C12H17N5S.2ClH/c1-3-17-11(15-16-12(17)18-2)10(13)8-9-6-4-5-7-14-9;;/h4-7,10H,3,8,13H2,1-2H3;2*1H. The van der Waals surface area contributed by atoms with E-state index in [4.69, 9.17) is 5.73 Å². The Morgan fingerprint density at radius 1 is 1.30 bits per heavy atom. The van der Waals surface area contributed by atoms with Crippen molar-refractivity contribution >= 4 is 36.6 Å². The molecule has 2 aromatic heterocycles. The molecule has 0 radical (unpaired) electrons. The van der Waals surface area contributed by atoms with Crippen molar-refractivity contribution in [2.45, 2.75) is 31.1 Å². The Balaban J connectivity index is 0.00000180. The molecular formula is C12H19Cl2N5S. The van der Waals surface area contributed by atoms with Gasteiger partial charge in [-0.1, -0.05) is 17.8 Å². The summed E-state index contributed by atoms with van der Waals surface area (Å²) in [7, 11) is 0. The maximum atomic E-state index is 6.20.